The third-order valence-electron chi connectivity index (χ3n) is 8.98. The zero-order chi connectivity index (χ0) is 41.5. The summed E-state index contributed by atoms with van der Waals surface area (Å²) in [5.74, 6) is 0. The lowest BCUT2D eigenvalue weighted by molar-refractivity contribution is -0.230. The van der Waals surface area contributed by atoms with Crippen LogP contribution in [0, 0.1) is 0 Å². The molecule has 0 fully saturated rings. The molecule has 0 heterocycles. The monoisotopic (exact) mass is 790 g/mol. The summed E-state index contributed by atoms with van der Waals surface area (Å²) < 4.78 is 33.8. The SMILES string of the molecule is CC(C)=CCC/C(C)=C/CC/C(C)=C/CC/C(C)=C/COC[C@@H](COP(=O)([O-])OC[C@H](O)CO)OC/C=C(\C)CC/C=C(\C)CC/C=C(\C)CCC=C(C)C. The van der Waals surface area contributed by atoms with Crippen molar-refractivity contribution in [3.8, 4) is 0 Å². The summed E-state index contributed by atoms with van der Waals surface area (Å²) in [6, 6.07) is 0. The lowest BCUT2D eigenvalue weighted by Gasteiger charge is -2.26. The van der Waals surface area contributed by atoms with Crippen LogP contribution in [0.3, 0.4) is 0 Å². The second kappa shape index (κ2) is 32.9. The first-order chi connectivity index (χ1) is 26.0. The molecule has 0 rings (SSSR count). The summed E-state index contributed by atoms with van der Waals surface area (Å²) in [5, 5.41) is 18.4. The lowest BCUT2D eigenvalue weighted by atomic mass is 10.0. The summed E-state index contributed by atoms with van der Waals surface area (Å²) >= 11 is 0. The molecule has 0 radical (unpaired) electrons. The molecule has 0 saturated carbocycles. The predicted octanol–water partition coefficient (Wildman–Crippen LogP) is 11.5. The van der Waals surface area contributed by atoms with E-state index in [9.17, 15) is 14.6 Å². The average Bonchev–Trinajstić information content (AvgIpc) is 3.10. The van der Waals surface area contributed by atoms with E-state index in [4.69, 9.17) is 23.6 Å². The second-order valence-electron chi connectivity index (χ2n) is 15.5. The first-order valence-corrected chi connectivity index (χ1v) is 21.8. The van der Waals surface area contributed by atoms with Crippen LogP contribution in [0.1, 0.15) is 146 Å². The van der Waals surface area contributed by atoms with Crippen LogP contribution >= 0.6 is 7.82 Å². The smallest absolute Gasteiger partial charge is 0.268 e. The Morgan fingerprint density at radius 3 is 1.25 bits per heavy atom. The van der Waals surface area contributed by atoms with Gasteiger partial charge in [0.15, 0.2) is 0 Å². The molecule has 316 valence electrons. The molecule has 8 nitrogen and oxygen atoms in total. The molecule has 0 aromatic heterocycles. The Balaban J connectivity index is 4.94. The van der Waals surface area contributed by atoms with Crippen molar-refractivity contribution >= 4 is 7.82 Å². The number of hydrogen-bond donors (Lipinski definition) is 2. The normalized spacial score (nSPS) is 15.9. The van der Waals surface area contributed by atoms with Gasteiger partial charge >= 0.3 is 0 Å². The van der Waals surface area contributed by atoms with E-state index >= 15 is 0 Å². The van der Waals surface area contributed by atoms with Gasteiger partial charge in [-0.25, -0.2) is 0 Å². The minimum absolute atomic E-state index is 0.126. The number of phosphoric acid groups is 1. The Morgan fingerprint density at radius 2 is 0.873 bits per heavy atom. The topological polar surface area (TPSA) is 118 Å². The van der Waals surface area contributed by atoms with Gasteiger partial charge in [-0.15, -0.1) is 0 Å². The first-order valence-electron chi connectivity index (χ1n) is 20.3. The molecule has 0 aliphatic rings. The van der Waals surface area contributed by atoms with Crippen LogP contribution in [-0.4, -0.2) is 62.1 Å². The van der Waals surface area contributed by atoms with E-state index in [2.05, 4.69) is 106 Å². The predicted molar refractivity (Wildman–Crippen MR) is 230 cm³/mol. The summed E-state index contributed by atoms with van der Waals surface area (Å²) in [4.78, 5) is 12.2. The maximum atomic E-state index is 12.2. The quantitative estimate of drug-likeness (QED) is 0.0393. The van der Waals surface area contributed by atoms with Gasteiger partial charge in [0.05, 0.1) is 39.6 Å². The van der Waals surface area contributed by atoms with Crippen LogP contribution < -0.4 is 4.89 Å². The zero-order valence-electron chi connectivity index (χ0n) is 36.3. The van der Waals surface area contributed by atoms with Gasteiger partial charge in [0, 0.05) is 0 Å². The van der Waals surface area contributed by atoms with Gasteiger partial charge < -0.3 is 33.6 Å². The summed E-state index contributed by atoms with van der Waals surface area (Å²) in [5.41, 5.74) is 10.8. The number of aliphatic hydroxyl groups is 2. The third kappa shape index (κ3) is 34.8. The lowest BCUT2D eigenvalue weighted by Crippen LogP contribution is -2.28. The minimum Gasteiger partial charge on any atom is -0.756 e. The highest BCUT2D eigenvalue weighted by Gasteiger charge is 2.17. The van der Waals surface area contributed by atoms with E-state index in [1.807, 2.05) is 12.2 Å². The van der Waals surface area contributed by atoms with Crippen molar-refractivity contribution in [1.29, 1.82) is 0 Å². The van der Waals surface area contributed by atoms with Crippen molar-refractivity contribution < 1.29 is 38.2 Å². The maximum Gasteiger partial charge on any atom is 0.268 e. The highest BCUT2D eigenvalue weighted by atomic mass is 31.2. The van der Waals surface area contributed by atoms with Gasteiger partial charge in [0.1, 0.15) is 12.2 Å². The summed E-state index contributed by atoms with van der Waals surface area (Å²) in [7, 11) is -4.72. The summed E-state index contributed by atoms with van der Waals surface area (Å²) in [6.07, 6.45) is 28.4. The van der Waals surface area contributed by atoms with E-state index in [0.29, 0.717) is 6.61 Å². The van der Waals surface area contributed by atoms with Gasteiger partial charge in [-0.3, -0.25) is 4.57 Å². The van der Waals surface area contributed by atoms with Crippen LogP contribution in [0.15, 0.2) is 93.2 Å². The Morgan fingerprint density at radius 1 is 0.527 bits per heavy atom. The maximum absolute atomic E-state index is 12.2. The highest BCUT2D eigenvalue weighted by Crippen LogP contribution is 2.38. The molecule has 0 saturated heterocycles. The van der Waals surface area contributed by atoms with Gasteiger partial charge in [-0.1, -0.05) is 93.2 Å². The van der Waals surface area contributed by atoms with E-state index < -0.39 is 33.2 Å². The Bertz CT molecular complexity index is 1340. The molecule has 55 heavy (non-hydrogen) atoms. The number of ether oxygens (including phenoxy) is 2. The fourth-order valence-corrected chi connectivity index (χ4v) is 6.07. The van der Waals surface area contributed by atoms with E-state index in [-0.39, 0.29) is 19.8 Å². The van der Waals surface area contributed by atoms with Crippen molar-refractivity contribution in [3.05, 3.63) is 93.2 Å². The van der Waals surface area contributed by atoms with Crippen LogP contribution in [0.25, 0.3) is 0 Å². The molecule has 0 aliphatic heterocycles. The fourth-order valence-electron chi connectivity index (χ4n) is 5.29. The Hall–Kier alpha value is -2.13. The zero-order valence-corrected chi connectivity index (χ0v) is 37.2. The molecule has 2 N–H and O–H groups in total. The average molecular weight is 790 g/mol. The molecule has 9 heteroatoms. The van der Waals surface area contributed by atoms with Crippen molar-refractivity contribution in [3.63, 3.8) is 0 Å². The largest absolute Gasteiger partial charge is 0.756 e. The number of rotatable bonds is 32. The number of aliphatic hydroxyl groups excluding tert-OH is 2. The van der Waals surface area contributed by atoms with E-state index in [0.717, 1.165) is 77.0 Å². The van der Waals surface area contributed by atoms with Gasteiger partial charge in [-0.05, 0) is 146 Å². The van der Waals surface area contributed by atoms with E-state index in [1.54, 1.807) is 0 Å². The van der Waals surface area contributed by atoms with Crippen LogP contribution in [0.5, 0.6) is 0 Å². The second-order valence-corrected chi connectivity index (χ2v) is 16.9. The molecule has 3 atom stereocenters. The number of hydrogen-bond acceptors (Lipinski definition) is 8. The number of phosphoric ester groups is 1. The molecule has 0 amide bonds. The highest BCUT2D eigenvalue weighted by molar-refractivity contribution is 7.45. The van der Waals surface area contributed by atoms with Gasteiger partial charge in [0.25, 0.3) is 7.82 Å². The van der Waals surface area contributed by atoms with Gasteiger partial charge in [-0.2, -0.15) is 0 Å². The minimum atomic E-state index is -4.72. The Kier molecular flexibility index (Phi) is 31.6. The van der Waals surface area contributed by atoms with Crippen LogP contribution in [-0.2, 0) is 23.1 Å². The molecule has 0 aromatic carbocycles. The fraction of sp³-hybridized carbons (Fsp3) is 0.652. The van der Waals surface area contributed by atoms with E-state index in [1.165, 1.54) is 44.6 Å². The van der Waals surface area contributed by atoms with Crippen molar-refractivity contribution in [2.45, 2.75) is 158 Å². The first kappa shape index (κ1) is 52.9. The van der Waals surface area contributed by atoms with Crippen molar-refractivity contribution in [2.24, 2.45) is 0 Å². The molecule has 0 bridgehead atoms. The molecule has 0 spiro atoms. The molecular weight excluding hydrogens is 711 g/mol. The third-order valence-corrected chi connectivity index (χ3v) is 9.91. The van der Waals surface area contributed by atoms with Crippen LogP contribution in [0.2, 0.25) is 0 Å². The molecule has 1 unspecified atom stereocenters. The standard InChI is InChI=1S/C46H79O8P/c1-37(2)17-11-19-39(5)21-13-23-41(7)25-15-27-43(9)29-31-51-35-46(36-54-55(49,50)53-34-45(48)33-47)52-32-30-44(10)28-16-26-42(8)24-14-22-40(6)20-12-18-38(3)4/h17-18,21-22,25-26,29-30,45-48H,11-16,19-20,23-24,27-28,31-36H2,1-10H3,(H,49,50)/p-1/b39-21+,40-22+,41-25+,42-26+,43-29+,44-30+/t45-,46+/m1/s1. The van der Waals surface area contributed by atoms with Gasteiger partial charge in [0.2, 0.25) is 0 Å². The molecule has 0 aliphatic carbocycles. The summed E-state index contributed by atoms with van der Waals surface area (Å²) in [6.45, 7) is 20.8. The molecular formula is C46H78O8P-. The molecule has 0 aromatic rings. The van der Waals surface area contributed by atoms with Crippen molar-refractivity contribution in [2.75, 3.05) is 39.6 Å². The Labute approximate surface area is 336 Å². The number of allylic oxidation sites excluding steroid dienone is 14. The van der Waals surface area contributed by atoms with Crippen molar-refractivity contribution in [1.82, 2.24) is 0 Å². The van der Waals surface area contributed by atoms with Crippen LogP contribution in [0.4, 0.5) is 0 Å².